The number of nitrogens with one attached hydrogen (secondary N) is 1. The first-order valence-electron chi connectivity index (χ1n) is 16.9. The number of carbonyl (C=O) groups excluding carboxylic acids is 1. The van der Waals surface area contributed by atoms with Crippen LogP contribution in [0.5, 0.6) is 0 Å². The van der Waals surface area contributed by atoms with Crippen LogP contribution in [0, 0.1) is 46.3 Å². The molecular formula is C36H55NO4S. The molecule has 5 nitrogen and oxygen atoms in total. The summed E-state index contributed by atoms with van der Waals surface area (Å²) in [5.41, 5.74) is 2.78. The van der Waals surface area contributed by atoms with Gasteiger partial charge in [-0.3, -0.25) is 5.32 Å². The molecule has 1 aromatic rings. The molecule has 0 saturated heterocycles. The van der Waals surface area contributed by atoms with E-state index in [0.717, 1.165) is 54.8 Å². The van der Waals surface area contributed by atoms with Gasteiger partial charge in [-0.05, 0) is 116 Å². The minimum atomic E-state index is -3.26. The molecule has 8 atom stereocenters. The highest BCUT2D eigenvalue weighted by Gasteiger charge is 2.59. The van der Waals surface area contributed by atoms with Crippen molar-refractivity contribution in [3.8, 4) is 0 Å². The summed E-state index contributed by atoms with van der Waals surface area (Å²) >= 11 is 0. The van der Waals surface area contributed by atoms with Crippen molar-refractivity contribution in [1.82, 2.24) is 0 Å². The molecule has 3 saturated carbocycles. The highest BCUT2D eigenvalue weighted by Crippen LogP contribution is 2.67. The topological polar surface area (TPSA) is 72.5 Å². The number of hydrogen-bond acceptors (Lipinski definition) is 4. The normalized spacial score (nSPS) is 35.0. The van der Waals surface area contributed by atoms with Crippen molar-refractivity contribution in [3.05, 3.63) is 35.9 Å². The molecule has 234 valence electrons. The van der Waals surface area contributed by atoms with E-state index in [0.29, 0.717) is 11.1 Å². The summed E-state index contributed by atoms with van der Waals surface area (Å²) in [6.45, 7) is 14.1. The molecule has 0 heterocycles. The fraction of sp³-hybridized carbons (Fsp3) is 0.750. The van der Waals surface area contributed by atoms with Crippen LogP contribution in [0.3, 0.4) is 0 Å². The fourth-order valence-electron chi connectivity index (χ4n) is 9.96. The molecule has 4 aliphatic rings. The van der Waals surface area contributed by atoms with Crippen molar-refractivity contribution in [2.45, 2.75) is 123 Å². The number of amides is 1. The smallest absolute Gasteiger partial charge is 0.411 e. The Morgan fingerprint density at radius 2 is 1.74 bits per heavy atom. The zero-order valence-corrected chi connectivity index (χ0v) is 27.8. The molecule has 0 bridgehead atoms. The average Bonchev–Trinajstić information content (AvgIpc) is 3.30. The lowest BCUT2D eigenvalue weighted by atomic mass is 9.47. The first-order valence-corrected chi connectivity index (χ1v) is 18.5. The average molecular weight is 598 g/mol. The van der Waals surface area contributed by atoms with E-state index in [1.807, 2.05) is 0 Å². The van der Waals surface area contributed by atoms with Crippen LogP contribution in [0.4, 0.5) is 10.5 Å². The Balaban J connectivity index is 1.19. The van der Waals surface area contributed by atoms with E-state index in [9.17, 15) is 13.2 Å². The Labute approximate surface area is 255 Å². The van der Waals surface area contributed by atoms with Crippen molar-refractivity contribution >= 4 is 21.6 Å². The molecule has 3 fully saturated rings. The van der Waals surface area contributed by atoms with Crippen LogP contribution in [0.1, 0.15) is 112 Å². The Kier molecular flexibility index (Phi) is 9.24. The van der Waals surface area contributed by atoms with Gasteiger partial charge < -0.3 is 4.74 Å². The predicted molar refractivity (Wildman–Crippen MR) is 171 cm³/mol. The van der Waals surface area contributed by atoms with Crippen LogP contribution in [-0.2, 0) is 14.6 Å². The summed E-state index contributed by atoms with van der Waals surface area (Å²) in [6, 6.07) is 6.34. The van der Waals surface area contributed by atoms with Crippen LogP contribution in [0.25, 0.3) is 0 Å². The number of sulfone groups is 1. The molecule has 0 aromatic heterocycles. The van der Waals surface area contributed by atoms with Crippen molar-refractivity contribution in [2.24, 2.45) is 46.3 Å². The van der Waals surface area contributed by atoms with Gasteiger partial charge in [-0.1, -0.05) is 72.5 Å². The van der Waals surface area contributed by atoms with Gasteiger partial charge in [0.05, 0.1) is 10.6 Å². The zero-order valence-electron chi connectivity index (χ0n) is 27.0. The van der Waals surface area contributed by atoms with E-state index in [2.05, 4.69) is 46.0 Å². The molecular weight excluding hydrogens is 542 g/mol. The number of ether oxygens (including phenoxy) is 1. The lowest BCUT2D eigenvalue weighted by Crippen LogP contribution is -2.51. The third-order valence-corrected chi connectivity index (χ3v) is 14.1. The minimum absolute atomic E-state index is 0.0537. The number of hydrogen-bond donors (Lipinski definition) is 1. The Bertz CT molecular complexity index is 1250. The second-order valence-electron chi connectivity index (χ2n) is 15.1. The van der Waals surface area contributed by atoms with Gasteiger partial charge in [0.15, 0.2) is 9.84 Å². The van der Waals surface area contributed by atoms with Gasteiger partial charge in [-0.2, -0.15) is 0 Å². The summed E-state index contributed by atoms with van der Waals surface area (Å²) in [7, 11) is -3.26. The van der Waals surface area contributed by atoms with Crippen LogP contribution < -0.4 is 5.32 Å². The Hall–Kier alpha value is -1.82. The van der Waals surface area contributed by atoms with Gasteiger partial charge in [0.1, 0.15) is 6.10 Å². The fourth-order valence-corrected chi connectivity index (χ4v) is 10.8. The van der Waals surface area contributed by atoms with Crippen molar-refractivity contribution in [1.29, 1.82) is 0 Å². The molecule has 6 heteroatoms. The number of benzene rings is 1. The van der Waals surface area contributed by atoms with Gasteiger partial charge in [-0.15, -0.1) is 0 Å². The third-order valence-electron chi connectivity index (χ3n) is 12.4. The molecule has 0 radical (unpaired) electrons. The number of anilines is 1. The second kappa shape index (κ2) is 12.3. The molecule has 4 aliphatic carbocycles. The van der Waals surface area contributed by atoms with Gasteiger partial charge in [-0.25, -0.2) is 13.2 Å². The quantitative estimate of drug-likeness (QED) is 0.288. The summed E-state index contributed by atoms with van der Waals surface area (Å²) in [5.74, 6) is 4.97. The first kappa shape index (κ1) is 31.6. The molecule has 1 aromatic carbocycles. The highest BCUT2D eigenvalue weighted by molar-refractivity contribution is 7.91. The molecule has 42 heavy (non-hydrogen) atoms. The summed E-state index contributed by atoms with van der Waals surface area (Å²) in [5, 5.41) is 2.80. The number of fused-ring (bicyclic) bond motifs is 5. The van der Waals surface area contributed by atoms with E-state index >= 15 is 0 Å². The van der Waals surface area contributed by atoms with E-state index in [-0.39, 0.29) is 22.2 Å². The van der Waals surface area contributed by atoms with E-state index < -0.39 is 15.9 Å². The van der Waals surface area contributed by atoms with Crippen LogP contribution in [0.15, 0.2) is 40.8 Å². The lowest BCUT2D eigenvalue weighted by molar-refractivity contribution is -0.0577. The maximum atomic E-state index is 12.8. The molecule has 0 unspecified atom stereocenters. The molecule has 0 aliphatic heterocycles. The van der Waals surface area contributed by atoms with E-state index in [1.165, 1.54) is 56.9 Å². The largest absolute Gasteiger partial charge is 0.446 e. The molecule has 5 rings (SSSR count). The predicted octanol–water partition coefficient (Wildman–Crippen LogP) is 9.44. The molecule has 1 amide bonds. The van der Waals surface area contributed by atoms with Crippen molar-refractivity contribution in [2.75, 3.05) is 11.1 Å². The van der Waals surface area contributed by atoms with Gasteiger partial charge in [0, 0.05) is 12.1 Å². The maximum Gasteiger partial charge on any atom is 0.411 e. The maximum absolute atomic E-state index is 12.8. The number of allylic oxidation sites excluding steroid dienone is 1. The third kappa shape index (κ3) is 6.08. The number of carbonyl (C=O) groups is 1. The van der Waals surface area contributed by atoms with Crippen molar-refractivity contribution in [3.63, 3.8) is 0 Å². The standard InChI is InChI=1S/C36H55NO4S/c1-7-42(39,40)29-14-12-27(13-15-29)37-34(38)41-28-19-21-35(5)26(23-28)11-16-30-32-18-17-31(25(4)10-8-9-24(2)3)36(32,6)22-20-33(30)35/h11-15,24-25,28,30-33H,7-10,16-23H2,1-6H3,(H,37,38)/t25-,28+,30+,31-,32+,33+,35+,36-/m1/s1. The van der Waals surface area contributed by atoms with E-state index in [1.54, 1.807) is 31.2 Å². The van der Waals surface area contributed by atoms with E-state index in [4.69, 9.17) is 4.74 Å². The van der Waals surface area contributed by atoms with Crippen molar-refractivity contribution < 1.29 is 17.9 Å². The van der Waals surface area contributed by atoms with Gasteiger partial charge in [0.2, 0.25) is 0 Å². The number of rotatable bonds is 9. The summed E-state index contributed by atoms with van der Waals surface area (Å²) in [6.07, 6.45) is 15.7. The van der Waals surface area contributed by atoms with Crippen LogP contribution in [-0.4, -0.2) is 26.4 Å². The monoisotopic (exact) mass is 597 g/mol. The van der Waals surface area contributed by atoms with Gasteiger partial charge >= 0.3 is 6.09 Å². The van der Waals surface area contributed by atoms with Crippen LogP contribution in [0.2, 0.25) is 0 Å². The summed E-state index contributed by atoms with van der Waals surface area (Å²) < 4.78 is 30.1. The minimum Gasteiger partial charge on any atom is -0.446 e. The summed E-state index contributed by atoms with van der Waals surface area (Å²) in [4.78, 5) is 13.0. The Morgan fingerprint density at radius 1 is 1.00 bits per heavy atom. The highest BCUT2D eigenvalue weighted by atomic mass is 32.2. The molecule has 1 N–H and O–H groups in total. The molecule has 0 spiro atoms. The SMILES string of the molecule is CCS(=O)(=O)c1ccc(NC(=O)O[C@H]2CC[C@@]3(C)C(=CC[C@H]4[C@@H]5CC[C@H]([C@H](C)CCCC(C)C)[C@@]5(C)CC[C@@H]43)C2)cc1. The zero-order chi connectivity index (χ0) is 30.3. The second-order valence-corrected chi connectivity index (χ2v) is 17.4. The van der Waals surface area contributed by atoms with Gasteiger partial charge in [0.25, 0.3) is 0 Å². The Morgan fingerprint density at radius 3 is 2.43 bits per heavy atom. The van der Waals surface area contributed by atoms with Crippen LogP contribution >= 0.6 is 0 Å². The first-order chi connectivity index (χ1) is 19.9. The lowest BCUT2D eigenvalue weighted by Gasteiger charge is -2.58.